The molecule has 0 fully saturated rings. The molecule has 2 rings (SSSR count). The number of anilines is 1. The van der Waals surface area contributed by atoms with Crippen LogP contribution in [0.3, 0.4) is 0 Å². The average molecular weight is 253 g/mol. The zero-order chi connectivity index (χ0) is 12.4. The number of nitrogens with one attached hydrogen (secondary N) is 1. The fourth-order valence-electron chi connectivity index (χ4n) is 1.71. The molecule has 1 amide bonds. The quantitative estimate of drug-likeness (QED) is 0.868. The molecule has 0 radical (unpaired) electrons. The van der Waals surface area contributed by atoms with Gasteiger partial charge in [0, 0.05) is 20.0 Å². The monoisotopic (exact) mass is 252 g/mol. The van der Waals surface area contributed by atoms with Crippen LogP contribution in [0.25, 0.3) is 11.0 Å². The van der Waals surface area contributed by atoms with E-state index in [1.54, 1.807) is 6.07 Å². The number of para-hydroxylation sites is 1. The van der Waals surface area contributed by atoms with Gasteiger partial charge in [-0.05, 0) is 12.1 Å². The van der Waals surface area contributed by atoms with Gasteiger partial charge in [0.05, 0.1) is 10.5 Å². The standard InChI is InChI=1S/C11H13ClN4O/c1-7(17)14-5-6-16-9-4-2-3-8(12)10(9)15-11(16)13/h2-4H,5-6H2,1H3,(H2,13,15)(H,14,17). The summed E-state index contributed by atoms with van der Waals surface area (Å²) < 4.78 is 1.83. The number of nitrogens with two attached hydrogens (primary N) is 1. The number of fused-ring (bicyclic) bond motifs is 1. The van der Waals surface area contributed by atoms with Crippen LogP contribution in [0.4, 0.5) is 5.95 Å². The van der Waals surface area contributed by atoms with Crippen LogP contribution >= 0.6 is 11.6 Å². The highest BCUT2D eigenvalue weighted by Gasteiger charge is 2.09. The molecule has 1 heterocycles. The third kappa shape index (κ3) is 2.34. The number of imidazole rings is 1. The lowest BCUT2D eigenvalue weighted by Crippen LogP contribution is -2.24. The molecule has 0 aliphatic carbocycles. The van der Waals surface area contributed by atoms with Crippen molar-refractivity contribution < 1.29 is 4.79 Å². The minimum Gasteiger partial charge on any atom is -0.369 e. The van der Waals surface area contributed by atoms with Gasteiger partial charge in [-0.25, -0.2) is 4.98 Å². The summed E-state index contributed by atoms with van der Waals surface area (Å²) in [5.41, 5.74) is 7.38. The van der Waals surface area contributed by atoms with E-state index in [1.807, 2.05) is 16.7 Å². The van der Waals surface area contributed by atoms with Crippen molar-refractivity contribution in [3.8, 4) is 0 Å². The normalized spacial score (nSPS) is 10.7. The number of rotatable bonds is 3. The highest BCUT2D eigenvalue weighted by atomic mass is 35.5. The van der Waals surface area contributed by atoms with Crippen LogP contribution in [-0.2, 0) is 11.3 Å². The van der Waals surface area contributed by atoms with Crippen LogP contribution in [0.15, 0.2) is 18.2 Å². The molecule has 17 heavy (non-hydrogen) atoms. The Balaban J connectivity index is 2.30. The van der Waals surface area contributed by atoms with E-state index < -0.39 is 0 Å². The molecular weight excluding hydrogens is 240 g/mol. The number of benzene rings is 1. The predicted octanol–water partition coefficient (Wildman–Crippen LogP) is 1.41. The topological polar surface area (TPSA) is 72.9 Å². The molecule has 0 spiro atoms. The molecule has 0 bridgehead atoms. The molecule has 0 saturated carbocycles. The van der Waals surface area contributed by atoms with Gasteiger partial charge in [0.25, 0.3) is 0 Å². The van der Waals surface area contributed by atoms with E-state index in [-0.39, 0.29) is 5.91 Å². The van der Waals surface area contributed by atoms with Crippen LogP contribution < -0.4 is 11.1 Å². The summed E-state index contributed by atoms with van der Waals surface area (Å²) in [4.78, 5) is 15.0. The van der Waals surface area contributed by atoms with Crippen molar-refractivity contribution in [3.63, 3.8) is 0 Å². The van der Waals surface area contributed by atoms with Gasteiger partial charge in [0.15, 0.2) is 0 Å². The fraction of sp³-hybridized carbons (Fsp3) is 0.273. The van der Waals surface area contributed by atoms with Crippen molar-refractivity contribution >= 4 is 34.5 Å². The maximum atomic E-state index is 10.8. The lowest BCUT2D eigenvalue weighted by Gasteiger charge is -2.06. The Morgan fingerprint density at radius 1 is 1.59 bits per heavy atom. The summed E-state index contributed by atoms with van der Waals surface area (Å²) in [6, 6.07) is 5.52. The van der Waals surface area contributed by atoms with Gasteiger partial charge in [-0.2, -0.15) is 0 Å². The van der Waals surface area contributed by atoms with Gasteiger partial charge in [-0.1, -0.05) is 17.7 Å². The Morgan fingerprint density at radius 3 is 3.06 bits per heavy atom. The minimum atomic E-state index is -0.0639. The number of halogens is 1. The summed E-state index contributed by atoms with van der Waals surface area (Å²) in [6.45, 7) is 2.56. The third-order valence-corrected chi connectivity index (χ3v) is 2.77. The number of aromatic nitrogens is 2. The van der Waals surface area contributed by atoms with E-state index in [4.69, 9.17) is 17.3 Å². The van der Waals surface area contributed by atoms with E-state index in [0.29, 0.717) is 29.6 Å². The van der Waals surface area contributed by atoms with E-state index in [1.165, 1.54) is 6.92 Å². The maximum absolute atomic E-state index is 10.8. The highest BCUT2D eigenvalue weighted by molar-refractivity contribution is 6.35. The average Bonchev–Trinajstić information content (AvgIpc) is 2.57. The molecule has 0 saturated heterocycles. The Labute approximate surface area is 104 Å². The Bertz CT molecular complexity index is 564. The molecular formula is C11H13ClN4O. The molecule has 0 atom stereocenters. The molecule has 1 aromatic heterocycles. The number of amides is 1. The zero-order valence-electron chi connectivity index (χ0n) is 9.40. The summed E-state index contributed by atoms with van der Waals surface area (Å²) in [6.07, 6.45) is 0. The number of hydrogen-bond acceptors (Lipinski definition) is 3. The van der Waals surface area contributed by atoms with Crippen molar-refractivity contribution in [1.82, 2.24) is 14.9 Å². The summed E-state index contributed by atoms with van der Waals surface area (Å²) in [5, 5.41) is 3.29. The Hall–Kier alpha value is -1.75. The second kappa shape index (κ2) is 4.63. The first-order valence-corrected chi connectivity index (χ1v) is 5.62. The van der Waals surface area contributed by atoms with E-state index in [2.05, 4.69) is 10.3 Å². The summed E-state index contributed by atoms with van der Waals surface area (Å²) >= 11 is 6.03. The molecule has 0 aliphatic heterocycles. The SMILES string of the molecule is CC(=O)NCCn1c(N)nc2c(Cl)cccc21. The molecule has 0 aliphatic rings. The van der Waals surface area contributed by atoms with Crippen LogP contribution in [-0.4, -0.2) is 22.0 Å². The van der Waals surface area contributed by atoms with Gasteiger partial charge < -0.3 is 15.6 Å². The highest BCUT2D eigenvalue weighted by Crippen LogP contribution is 2.24. The molecule has 3 N–H and O–H groups in total. The zero-order valence-corrected chi connectivity index (χ0v) is 10.2. The lowest BCUT2D eigenvalue weighted by molar-refractivity contribution is -0.118. The Kier molecular flexibility index (Phi) is 3.19. The second-order valence-corrected chi connectivity index (χ2v) is 4.12. The Morgan fingerprint density at radius 2 is 2.35 bits per heavy atom. The number of nitrogen functional groups attached to an aromatic ring is 1. The first kappa shape index (κ1) is 11.7. The molecule has 0 unspecified atom stereocenters. The maximum Gasteiger partial charge on any atom is 0.216 e. The number of nitrogens with zero attached hydrogens (tertiary/aromatic N) is 2. The summed E-state index contributed by atoms with van der Waals surface area (Å²) in [5.74, 6) is 0.337. The van der Waals surface area contributed by atoms with Gasteiger partial charge in [0.2, 0.25) is 11.9 Å². The molecule has 1 aromatic carbocycles. The molecule has 6 heteroatoms. The number of hydrogen-bond donors (Lipinski definition) is 2. The fourth-order valence-corrected chi connectivity index (χ4v) is 1.92. The van der Waals surface area contributed by atoms with Gasteiger partial charge in [-0.3, -0.25) is 4.79 Å². The largest absolute Gasteiger partial charge is 0.369 e. The first-order valence-electron chi connectivity index (χ1n) is 5.24. The van der Waals surface area contributed by atoms with Crippen molar-refractivity contribution in [2.75, 3.05) is 12.3 Å². The van der Waals surface area contributed by atoms with Crippen LogP contribution in [0.5, 0.6) is 0 Å². The predicted molar refractivity (Wildman–Crippen MR) is 67.8 cm³/mol. The molecule has 2 aromatic rings. The smallest absolute Gasteiger partial charge is 0.216 e. The third-order valence-electron chi connectivity index (χ3n) is 2.47. The van der Waals surface area contributed by atoms with Gasteiger partial charge >= 0.3 is 0 Å². The van der Waals surface area contributed by atoms with Crippen molar-refractivity contribution in [3.05, 3.63) is 23.2 Å². The number of carbonyl (C=O) groups excluding carboxylic acids is 1. The first-order chi connectivity index (χ1) is 8.09. The van der Waals surface area contributed by atoms with E-state index >= 15 is 0 Å². The van der Waals surface area contributed by atoms with Crippen LogP contribution in [0, 0.1) is 0 Å². The lowest BCUT2D eigenvalue weighted by atomic mass is 10.3. The van der Waals surface area contributed by atoms with Gasteiger partial charge in [-0.15, -0.1) is 0 Å². The van der Waals surface area contributed by atoms with Crippen molar-refractivity contribution in [1.29, 1.82) is 0 Å². The van der Waals surface area contributed by atoms with E-state index in [0.717, 1.165) is 5.52 Å². The minimum absolute atomic E-state index is 0.0639. The van der Waals surface area contributed by atoms with Crippen LogP contribution in [0.2, 0.25) is 5.02 Å². The van der Waals surface area contributed by atoms with E-state index in [9.17, 15) is 4.79 Å². The van der Waals surface area contributed by atoms with Crippen molar-refractivity contribution in [2.45, 2.75) is 13.5 Å². The molecule has 90 valence electrons. The van der Waals surface area contributed by atoms with Crippen LogP contribution in [0.1, 0.15) is 6.92 Å². The second-order valence-electron chi connectivity index (χ2n) is 3.71. The summed E-state index contributed by atoms with van der Waals surface area (Å²) in [7, 11) is 0. The van der Waals surface area contributed by atoms with Crippen molar-refractivity contribution in [2.24, 2.45) is 0 Å². The molecule has 5 nitrogen and oxygen atoms in total. The number of carbonyl (C=O) groups is 1. The van der Waals surface area contributed by atoms with Gasteiger partial charge in [0.1, 0.15) is 5.52 Å².